The van der Waals surface area contributed by atoms with E-state index in [1.54, 1.807) is 5.79 Å². The van der Waals surface area contributed by atoms with Crippen LogP contribution in [-0.2, 0) is 0 Å². The third kappa shape index (κ3) is 23.6. The van der Waals surface area contributed by atoms with Crippen molar-refractivity contribution in [2.45, 2.75) is 314 Å². The molecular weight excluding hydrogens is 1370 g/mol. The van der Waals surface area contributed by atoms with Gasteiger partial charge in [-0.3, -0.25) is 0 Å². The van der Waals surface area contributed by atoms with Gasteiger partial charge in [-0.1, -0.05) is 259 Å². The van der Waals surface area contributed by atoms with Crippen molar-refractivity contribution in [3.8, 4) is 31.0 Å². The summed E-state index contributed by atoms with van der Waals surface area (Å²) in [5.74, 6) is 1.27. The minimum absolute atomic E-state index is 0.633. The monoisotopic (exact) mass is 1500 g/mol. The van der Waals surface area contributed by atoms with Crippen LogP contribution in [0.2, 0.25) is 29.6 Å². The van der Waals surface area contributed by atoms with Crippen molar-refractivity contribution < 1.29 is 9.47 Å². The summed E-state index contributed by atoms with van der Waals surface area (Å²) >= 11 is 7.55. The zero-order valence-corrected chi connectivity index (χ0v) is 67.2. The number of unbranched alkanes of at least 4 members (excludes halogenated alkanes) is 32. The molecule has 10 heteroatoms. The van der Waals surface area contributed by atoms with Crippen molar-refractivity contribution >= 4 is 150 Å². The number of thiophene rings is 6. The van der Waals surface area contributed by atoms with Gasteiger partial charge in [-0.05, 0) is 0 Å². The molecule has 0 saturated heterocycles. The SMILES string of the molecule is CCCCCCCCCCCCC(CCCCCCCCCC)COc1ccc(-c2c3sc4c[c]([Sn]([CH3])([CH3])[CH3])sc4c3c(-c3ccc(OCC(CCCCCCCCCC)CCCCCCCCCCCC)s3)c3sc4c[c]([Sn]([CH3])([CH3])[CH3])sc4c23)s1. The second kappa shape index (κ2) is 40.0. The van der Waals surface area contributed by atoms with Gasteiger partial charge in [0, 0.05) is 0 Å². The Bertz CT molecular complexity index is 2730. The third-order valence-electron chi connectivity index (χ3n) is 18.6. The van der Waals surface area contributed by atoms with Gasteiger partial charge in [0.1, 0.15) is 0 Å². The standard InChI is InChI=1S/C70H104O2S6.6CH3.2Sn/c1-5-9-13-17-21-25-27-31-35-39-43-55(41-37-33-29-23-19-15-11-7-3)53-71-61-47-45-57(75-61)63-65-67-59(49-51-73-67)78-70(65)64(66-68-60(50-52-74-68)77-69(63)66)58-46-48-62(76-58)72-54-56(42-38-34-30-24-20-16-12-8-4)44-40-36-32-28-26-22-18-14-10-6-2;;;;;;;;/h45-50,55-56H,5-44,53-54H2,1-4H3;6*1H3;;. The fraction of sp³-hybridized carbons (Fsp3) is 0.711. The minimum atomic E-state index is -2.39. The molecule has 0 spiro atoms. The number of ether oxygens (including phenoxy) is 2. The molecule has 0 aliphatic rings. The van der Waals surface area contributed by atoms with Crippen LogP contribution < -0.4 is 15.3 Å². The molecule has 7 aromatic rings. The Kier molecular flexibility index (Phi) is 34.0. The summed E-state index contributed by atoms with van der Waals surface area (Å²) in [5, 5.41) is 5.22. The van der Waals surface area contributed by atoms with Crippen LogP contribution in [0, 0.1) is 11.8 Å². The van der Waals surface area contributed by atoms with E-state index in [1.807, 2.05) is 22.7 Å². The molecule has 0 aliphatic heterocycles. The molecular formula is C76H122O2S6Sn2. The molecule has 0 saturated carbocycles. The molecule has 0 radical (unpaired) electrons. The van der Waals surface area contributed by atoms with Gasteiger partial charge in [0.2, 0.25) is 0 Å². The van der Waals surface area contributed by atoms with E-state index < -0.39 is 36.8 Å². The van der Waals surface area contributed by atoms with Crippen LogP contribution in [0.5, 0.6) is 10.1 Å². The Hall–Kier alpha value is -0.343. The van der Waals surface area contributed by atoms with E-state index in [2.05, 4.69) is 139 Å². The number of benzene rings is 1. The Morgan fingerprint density at radius 1 is 0.314 bits per heavy atom. The topological polar surface area (TPSA) is 18.5 Å². The van der Waals surface area contributed by atoms with Crippen LogP contribution in [0.25, 0.3) is 59.9 Å². The molecule has 0 N–H and O–H groups in total. The van der Waals surface area contributed by atoms with E-state index in [9.17, 15) is 0 Å². The predicted molar refractivity (Wildman–Crippen MR) is 406 cm³/mol. The molecule has 6 aromatic heterocycles. The van der Waals surface area contributed by atoms with Crippen molar-refractivity contribution in [2.75, 3.05) is 13.2 Å². The van der Waals surface area contributed by atoms with Gasteiger partial charge in [-0.25, -0.2) is 0 Å². The number of hydrogen-bond acceptors (Lipinski definition) is 8. The van der Waals surface area contributed by atoms with Crippen molar-refractivity contribution in [3.63, 3.8) is 0 Å². The number of hydrogen-bond donors (Lipinski definition) is 0. The van der Waals surface area contributed by atoms with Gasteiger partial charge in [-0.15, -0.1) is 0 Å². The molecule has 0 amide bonds. The van der Waals surface area contributed by atoms with Crippen LogP contribution in [0.3, 0.4) is 0 Å². The zero-order valence-electron chi connectivity index (χ0n) is 56.6. The molecule has 482 valence electrons. The van der Waals surface area contributed by atoms with Crippen LogP contribution in [-0.4, -0.2) is 50.0 Å². The van der Waals surface area contributed by atoms with Crippen molar-refractivity contribution in [2.24, 2.45) is 11.8 Å². The van der Waals surface area contributed by atoms with E-state index in [1.165, 1.54) is 317 Å². The number of fused-ring (bicyclic) bond motifs is 6. The Balaban J connectivity index is 1.15. The van der Waals surface area contributed by atoms with E-state index in [0.29, 0.717) is 11.8 Å². The Morgan fingerprint density at radius 3 is 0.849 bits per heavy atom. The van der Waals surface area contributed by atoms with Crippen LogP contribution >= 0.6 is 68.0 Å². The molecule has 0 fully saturated rings. The third-order valence-corrected chi connectivity index (χ3v) is 44.4. The molecule has 6 heterocycles. The fourth-order valence-corrected chi connectivity index (χ4v) is 31.5. The van der Waals surface area contributed by atoms with Gasteiger partial charge in [0.25, 0.3) is 0 Å². The maximum absolute atomic E-state index is 7.05. The quantitative estimate of drug-likeness (QED) is 0.0279. The van der Waals surface area contributed by atoms with E-state index in [4.69, 9.17) is 9.47 Å². The van der Waals surface area contributed by atoms with Crippen LogP contribution in [0.1, 0.15) is 285 Å². The fourth-order valence-electron chi connectivity index (χ4n) is 13.1. The van der Waals surface area contributed by atoms with E-state index >= 15 is 0 Å². The molecule has 0 aliphatic carbocycles. The first kappa shape index (κ1) is 73.1. The molecule has 2 unspecified atom stereocenters. The van der Waals surface area contributed by atoms with Crippen molar-refractivity contribution in [1.82, 2.24) is 0 Å². The normalized spacial score (nSPS) is 13.2. The summed E-state index contributed by atoms with van der Waals surface area (Å²) < 4.78 is 26.5. The molecule has 0 bridgehead atoms. The van der Waals surface area contributed by atoms with E-state index in [0.717, 1.165) is 23.3 Å². The van der Waals surface area contributed by atoms with Gasteiger partial charge in [-0.2, -0.15) is 0 Å². The molecule has 1 aromatic carbocycles. The molecule has 2 atom stereocenters. The summed E-state index contributed by atoms with van der Waals surface area (Å²) in [6, 6.07) is 14.9. The van der Waals surface area contributed by atoms with Gasteiger partial charge < -0.3 is 0 Å². The first-order valence-corrected chi connectivity index (χ1v) is 61.1. The maximum atomic E-state index is 7.05. The second-order valence-electron chi connectivity index (χ2n) is 28.5. The van der Waals surface area contributed by atoms with Crippen molar-refractivity contribution in [3.05, 3.63) is 36.4 Å². The second-order valence-corrected chi connectivity index (χ2v) is 65.7. The zero-order chi connectivity index (χ0) is 61.0. The summed E-state index contributed by atoms with van der Waals surface area (Å²) in [5.41, 5.74) is 2.95. The van der Waals surface area contributed by atoms with E-state index in [-0.39, 0.29) is 0 Å². The summed E-state index contributed by atoms with van der Waals surface area (Å²) in [7, 11) is 0. The number of rotatable bonds is 50. The first-order valence-electron chi connectivity index (χ1n) is 36.2. The first-order chi connectivity index (χ1) is 41.8. The average Bonchev–Trinajstić information content (AvgIpc) is 1.53. The Morgan fingerprint density at radius 2 is 0.581 bits per heavy atom. The molecule has 2 nitrogen and oxygen atoms in total. The predicted octanol–water partition coefficient (Wildman–Crippen LogP) is 28.8. The van der Waals surface area contributed by atoms with Crippen LogP contribution in [0.15, 0.2) is 36.4 Å². The molecule has 86 heavy (non-hydrogen) atoms. The van der Waals surface area contributed by atoms with Gasteiger partial charge in [0.05, 0.1) is 0 Å². The summed E-state index contributed by atoms with van der Waals surface area (Å²) in [6.45, 7) is 11.0. The molecule has 7 rings (SSSR count). The average molecular weight is 1500 g/mol. The summed E-state index contributed by atoms with van der Waals surface area (Å²) in [6.07, 6.45) is 55.4. The Labute approximate surface area is 559 Å². The summed E-state index contributed by atoms with van der Waals surface area (Å²) in [4.78, 5) is 18.4. The van der Waals surface area contributed by atoms with Crippen molar-refractivity contribution in [1.29, 1.82) is 0 Å². The van der Waals surface area contributed by atoms with Gasteiger partial charge in [0.15, 0.2) is 0 Å². The van der Waals surface area contributed by atoms with Gasteiger partial charge >= 0.3 is 307 Å². The van der Waals surface area contributed by atoms with Crippen LogP contribution in [0.4, 0.5) is 0 Å².